The number of aryl methyl sites for hydroxylation is 2. The molecule has 2 aromatic rings. The number of hydrogen-bond acceptors (Lipinski definition) is 5. The summed E-state index contributed by atoms with van der Waals surface area (Å²) in [5.74, 6) is -0.121. The van der Waals surface area contributed by atoms with E-state index >= 15 is 0 Å². The van der Waals surface area contributed by atoms with Gasteiger partial charge in [0.15, 0.2) is 0 Å². The zero-order chi connectivity index (χ0) is 16.4. The number of aromatic nitrogens is 3. The van der Waals surface area contributed by atoms with Crippen LogP contribution in [0.25, 0.3) is 0 Å². The van der Waals surface area contributed by atoms with Gasteiger partial charge in [-0.1, -0.05) is 0 Å². The Morgan fingerprint density at radius 1 is 1.39 bits per heavy atom. The molecule has 0 spiro atoms. The molecule has 122 valence electrons. The third kappa shape index (κ3) is 3.19. The Labute approximate surface area is 138 Å². The van der Waals surface area contributed by atoms with E-state index in [9.17, 15) is 9.59 Å². The molecule has 0 saturated carbocycles. The number of carbonyl (C=O) groups is 1. The van der Waals surface area contributed by atoms with E-state index in [4.69, 9.17) is 0 Å². The lowest BCUT2D eigenvalue weighted by atomic mass is 10.0. The monoisotopic (exact) mass is 332 g/mol. The Kier molecular flexibility index (Phi) is 4.56. The van der Waals surface area contributed by atoms with Crippen LogP contribution < -0.4 is 5.56 Å². The molecule has 0 radical (unpaired) electrons. The summed E-state index contributed by atoms with van der Waals surface area (Å²) in [4.78, 5) is 31.0. The number of carbonyl (C=O) groups excluding carboxylic acids is 1. The Balaban J connectivity index is 1.91. The number of hydrogen-bond donors (Lipinski definition) is 0. The lowest BCUT2D eigenvalue weighted by Crippen LogP contribution is -2.39. The molecule has 0 bridgehead atoms. The van der Waals surface area contributed by atoms with Crippen molar-refractivity contribution in [2.75, 3.05) is 6.54 Å². The SMILES string of the molecule is CCn1nc(C(=O)N2CCCC[C@@H]2c2nc(C)cs2)ccc1=O. The first-order valence-corrected chi connectivity index (χ1v) is 8.79. The largest absolute Gasteiger partial charge is 0.328 e. The molecule has 7 heteroatoms. The van der Waals surface area contributed by atoms with Gasteiger partial charge in [-0.15, -0.1) is 11.3 Å². The summed E-state index contributed by atoms with van der Waals surface area (Å²) in [6.07, 6.45) is 3.00. The van der Waals surface area contributed by atoms with Crippen molar-refractivity contribution >= 4 is 17.2 Å². The van der Waals surface area contributed by atoms with Crippen molar-refractivity contribution in [1.82, 2.24) is 19.7 Å². The van der Waals surface area contributed by atoms with Crippen molar-refractivity contribution in [1.29, 1.82) is 0 Å². The predicted octanol–water partition coefficient (Wildman–Crippen LogP) is 2.40. The molecule has 6 nitrogen and oxygen atoms in total. The van der Waals surface area contributed by atoms with Crippen molar-refractivity contribution in [3.8, 4) is 0 Å². The highest BCUT2D eigenvalue weighted by atomic mass is 32.1. The zero-order valence-corrected chi connectivity index (χ0v) is 14.2. The number of amides is 1. The predicted molar refractivity (Wildman–Crippen MR) is 88.7 cm³/mol. The fourth-order valence-corrected chi connectivity index (χ4v) is 3.84. The van der Waals surface area contributed by atoms with Crippen molar-refractivity contribution < 1.29 is 4.79 Å². The minimum absolute atomic E-state index is 0.0127. The fourth-order valence-electron chi connectivity index (χ4n) is 2.89. The second kappa shape index (κ2) is 6.62. The van der Waals surface area contributed by atoms with Crippen LogP contribution in [0.5, 0.6) is 0 Å². The van der Waals surface area contributed by atoms with Crippen molar-refractivity contribution in [3.05, 3.63) is 44.3 Å². The number of piperidine rings is 1. The van der Waals surface area contributed by atoms with Gasteiger partial charge in [0.05, 0.1) is 6.04 Å². The quantitative estimate of drug-likeness (QED) is 0.865. The van der Waals surface area contributed by atoms with Gasteiger partial charge in [-0.3, -0.25) is 9.59 Å². The first-order valence-electron chi connectivity index (χ1n) is 7.91. The maximum atomic E-state index is 12.9. The molecule has 23 heavy (non-hydrogen) atoms. The molecule has 2 aromatic heterocycles. The van der Waals surface area contributed by atoms with Gasteiger partial charge in [0, 0.05) is 30.2 Å². The van der Waals surface area contributed by atoms with E-state index in [0.29, 0.717) is 18.8 Å². The van der Waals surface area contributed by atoms with Gasteiger partial charge in [-0.2, -0.15) is 5.10 Å². The minimum atomic E-state index is -0.185. The topological polar surface area (TPSA) is 68.1 Å². The maximum Gasteiger partial charge on any atom is 0.274 e. The van der Waals surface area contributed by atoms with E-state index in [1.165, 1.54) is 16.8 Å². The first kappa shape index (κ1) is 15.9. The summed E-state index contributed by atoms with van der Waals surface area (Å²) in [7, 11) is 0. The molecule has 0 N–H and O–H groups in total. The van der Waals surface area contributed by atoms with Crippen molar-refractivity contribution in [3.63, 3.8) is 0 Å². The molecule has 1 fully saturated rings. The van der Waals surface area contributed by atoms with E-state index < -0.39 is 0 Å². The number of nitrogens with zero attached hydrogens (tertiary/aromatic N) is 4. The number of thiazole rings is 1. The second-order valence-corrected chi connectivity index (χ2v) is 6.60. The van der Waals surface area contributed by atoms with E-state index in [1.54, 1.807) is 11.3 Å². The van der Waals surface area contributed by atoms with Gasteiger partial charge >= 0.3 is 0 Å². The molecule has 3 heterocycles. The summed E-state index contributed by atoms with van der Waals surface area (Å²) in [5.41, 5.74) is 1.13. The van der Waals surface area contributed by atoms with Gasteiger partial charge in [0.25, 0.3) is 11.5 Å². The van der Waals surface area contributed by atoms with E-state index in [2.05, 4.69) is 10.1 Å². The first-order chi connectivity index (χ1) is 11.1. The molecule has 1 aliphatic heterocycles. The van der Waals surface area contributed by atoms with Crippen LogP contribution >= 0.6 is 11.3 Å². The highest BCUT2D eigenvalue weighted by Crippen LogP contribution is 2.33. The lowest BCUT2D eigenvalue weighted by Gasteiger charge is -2.34. The Morgan fingerprint density at radius 2 is 2.22 bits per heavy atom. The van der Waals surface area contributed by atoms with E-state index in [0.717, 1.165) is 30.0 Å². The van der Waals surface area contributed by atoms with Crippen LogP contribution in [0.15, 0.2) is 22.3 Å². The van der Waals surface area contributed by atoms with Crippen LogP contribution in [0.1, 0.15) is 53.4 Å². The summed E-state index contributed by atoms with van der Waals surface area (Å²) in [5, 5.41) is 7.20. The lowest BCUT2D eigenvalue weighted by molar-refractivity contribution is 0.0602. The van der Waals surface area contributed by atoms with Gasteiger partial charge in [0.2, 0.25) is 0 Å². The van der Waals surface area contributed by atoms with Gasteiger partial charge in [0.1, 0.15) is 10.7 Å². The van der Waals surface area contributed by atoms with Crippen LogP contribution in [0, 0.1) is 6.92 Å². The van der Waals surface area contributed by atoms with Crippen molar-refractivity contribution in [2.24, 2.45) is 0 Å². The molecule has 0 unspecified atom stereocenters. The van der Waals surface area contributed by atoms with Crippen LogP contribution in [0.2, 0.25) is 0 Å². The summed E-state index contributed by atoms with van der Waals surface area (Å²) < 4.78 is 1.32. The highest BCUT2D eigenvalue weighted by molar-refractivity contribution is 7.09. The Morgan fingerprint density at radius 3 is 2.91 bits per heavy atom. The molecular weight excluding hydrogens is 312 g/mol. The molecular formula is C16H20N4O2S. The molecule has 0 aliphatic carbocycles. The average molecular weight is 332 g/mol. The molecule has 1 atom stereocenters. The fraction of sp³-hybridized carbons (Fsp3) is 0.500. The van der Waals surface area contributed by atoms with E-state index in [1.807, 2.05) is 24.1 Å². The van der Waals surface area contributed by atoms with Gasteiger partial charge in [-0.05, 0) is 39.2 Å². The Bertz CT molecular complexity index is 767. The minimum Gasteiger partial charge on any atom is -0.328 e. The molecule has 1 aliphatic rings. The average Bonchev–Trinajstić information content (AvgIpc) is 3.01. The number of likely N-dealkylation sites (tertiary alicyclic amines) is 1. The molecule has 3 rings (SSSR count). The maximum absolute atomic E-state index is 12.9. The van der Waals surface area contributed by atoms with Crippen molar-refractivity contribution in [2.45, 2.75) is 45.7 Å². The molecule has 1 amide bonds. The standard InChI is InChI=1S/C16H20N4O2S/c1-3-20-14(21)8-7-12(18-20)16(22)19-9-5-4-6-13(19)15-17-11(2)10-23-15/h7-8,10,13H,3-6,9H2,1-2H3/t13-/m1/s1. The second-order valence-electron chi connectivity index (χ2n) is 5.71. The van der Waals surface area contributed by atoms with E-state index in [-0.39, 0.29) is 17.5 Å². The molecule has 1 saturated heterocycles. The normalized spacial score (nSPS) is 18.2. The highest BCUT2D eigenvalue weighted by Gasteiger charge is 2.31. The van der Waals surface area contributed by atoms with Gasteiger partial charge < -0.3 is 4.90 Å². The Hall–Kier alpha value is -2.02. The van der Waals surface area contributed by atoms with Crippen LogP contribution in [0.3, 0.4) is 0 Å². The molecule has 0 aromatic carbocycles. The summed E-state index contributed by atoms with van der Waals surface area (Å²) in [6, 6.07) is 2.95. The third-order valence-corrected chi connectivity index (χ3v) is 5.13. The smallest absolute Gasteiger partial charge is 0.274 e. The number of rotatable bonds is 3. The summed E-state index contributed by atoms with van der Waals surface area (Å²) in [6.45, 7) is 4.96. The van der Waals surface area contributed by atoms with Crippen LogP contribution in [-0.2, 0) is 6.54 Å². The van der Waals surface area contributed by atoms with Crippen LogP contribution in [0.4, 0.5) is 0 Å². The van der Waals surface area contributed by atoms with Gasteiger partial charge in [-0.25, -0.2) is 9.67 Å². The third-order valence-electron chi connectivity index (χ3n) is 4.07. The van der Waals surface area contributed by atoms with Crippen LogP contribution in [-0.4, -0.2) is 32.1 Å². The summed E-state index contributed by atoms with van der Waals surface area (Å²) >= 11 is 1.60. The zero-order valence-electron chi connectivity index (χ0n) is 13.4.